The molecule has 10 heteroatoms. The molecule has 0 saturated heterocycles. The highest BCUT2D eigenvalue weighted by Gasteiger charge is 2.16. The van der Waals surface area contributed by atoms with Crippen molar-refractivity contribution in [1.82, 2.24) is 0 Å². The van der Waals surface area contributed by atoms with Gasteiger partial charge in [-0.05, 0) is 24.3 Å². The van der Waals surface area contributed by atoms with E-state index in [1.54, 1.807) is 24.3 Å². The van der Waals surface area contributed by atoms with E-state index in [-0.39, 0.29) is 22.7 Å². The van der Waals surface area contributed by atoms with Crippen LogP contribution in [0.15, 0.2) is 54.2 Å². The molecule has 0 aliphatic rings. The molecule has 0 heterocycles. The number of hydrogen-bond acceptors (Lipinski definition) is 8. The molecule has 0 aliphatic heterocycles. The summed E-state index contributed by atoms with van der Waals surface area (Å²) in [5.74, 6) is -1.21. The molecule has 29 heavy (non-hydrogen) atoms. The maximum absolute atomic E-state index is 12.4. The minimum Gasteiger partial charge on any atom is -0.494 e. The fourth-order valence-electron chi connectivity index (χ4n) is 2.24. The van der Waals surface area contributed by atoms with Crippen LogP contribution in [-0.2, 0) is 9.53 Å². The Morgan fingerprint density at radius 3 is 2.59 bits per heavy atom. The molecule has 0 fully saturated rings. The van der Waals surface area contributed by atoms with Gasteiger partial charge in [0.05, 0.1) is 36.5 Å². The van der Waals surface area contributed by atoms with E-state index in [0.29, 0.717) is 11.3 Å². The Morgan fingerprint density at radius 1 is 1.21 bits per heavy atom. The highest BCUT2D eigenvalue weighted by atomic mass is 16.6. The summed E-state index contributed by atoms with van der Waals surface area (Å²) >= 11 is 0. The molecule has 2 aromatic rings. The highest BCUT2D eigenvalue weighted by Crippen LogP contribution is 2.29. The van der Waals surface area contributed by atoms with E-state index in [1.165, 1.54) is 38.6 Å². The zero-order valence-electron chi connectivity index (χ0n) is 15.5. The van der Waals surface area contributed by atoms with Gasteiger partial charge in [0, 0.05) is 18.0 Å². The van der Waals surface area contributed by atoms with E-state index >= 15 is 0 Å². The number of ether oxygens (including phenoxy) is 2. The number of amides is 1. The second-order valence-electron chi connectivity index (χ2n) is 5.48. The molecular weight excluding hydrogens is 380 g/mol. The molecule has 1 amide bonds. The summed E-state index contributed by atoms with van der Waals surface area (Å²) < 4.78 is 9.68. The number of nitro benzene ring substituents is 1. The second-order valence-corrected chi connectivity index (χ2v) is 5.48. The number of benzene rings is 2. The fraction of sp³-hybridized carbons (Fsp3) is 0.105. The Labute approximate surface area is 165 Å². The van der Waals surface area contributed by atoms with Crippen molar-refractivity contribution >= 4 is 28.9 Å². The number of nitrogens with zero attached hydrogens (tertiary/aromatic N) is 2. The third-order valence-electron chi connectivity index (χ3n) is 3.68. The van der Waals surface area contributed by atoms with E-state index in [9.17, 15) is 25.0 Å². The van der Waals surface area contributed by atoms with Crippen molar-refractivity contribution in [2.75, 3.05) is 24.9 Å². The standard InChI is InChI=1S/C19H16N4O6/c1-28-17-9-15(23(26)27)6-7-16(17)22-18(24)13(10-20)11-21-14-5-3-4-12(8-14)19(25)29-2/h3-9,11,21H,1-2H3,(H,22,24)/b13-11-. The Morgan fingerprint density at radius 2 is 1.97 bits per heavy atom. The summed E-state index contributed by atoms with van der Waals surface area (Å²) in [7, 11) is 2.55. The van der Waals surface area contributed by atoms with Crippen molar-refractivity contribution in [1.29, 1.82) is 5.26 Å². The van der Waals surface area contributed by atoms with Gasteiger partial charge < -0.3 is 20.1 Å². The summed E-state index contributed by atoms with van der Waals surface area (Å²) in [5, 5.41) is 25.3. The van der Waals surface area contributed by atoms with Crippen molar-refractivity contribution in [3.63, 3.8) is 0 Å². The molecule has 0 unspecified atom stereocenters. The maximum Gasteiger partial charge on any atom is 0.337 e. The van der Waals surface area contributed by atoms with Crippen LogP contribution in [0.25, 0.3) is 0 Å². The summed E-state index contributed by atoms with van der Waals surface area (Å²) in [6.07, 6.45) is 1.17. The summed E-state index contributed by atoms with van der Waals surface area (Å²) in [6, 6.07) is 11.7. The lowest BCUT2D eigenvalue weighted by molar-refractivity contribution is -0.384. The van der Waals surface area contributed by atoms with Crippen LogP contribution in [0.3, 0.4) is 0 Å². The van der Waals surface area contributed by atoms with Crippen LogP contribution in [0, 0.1) is 21.4 Å². The van der Waals surface area contributed by atoms with Gasteiger partial charge in [-0.1, -0.05) is 6.07 Å². The Balaban J connectivity index is 2.18. The van der Waals surface area contributed by atoms with Crippen molar-refractivity contribution in [3.05, 3.63) is 69.9 Å². The molecule has 10 nitrogen and oxygen atoms in total. The third kappa shape index (κ3) is 5.30. The zero-order chi connectivity index (χ0) is 21.4. The number of esters is 1. The first-order valence-electron chi connectivity index (χ1n) is 8.08. The minimum atomic E-state index is -0.753. The number of anilines is 2. The average Bonchev–Trinajstić information content (AvgIpc) is 2.73. The molecule has 0 spiro atoms. The van der Waals surface area contributed by atoms with E-state index in [4.69, 9.17) is 4.74 Å². The first kappa shape index (κ1) is 20.9. The van der Waals surface area contributed by atoms with Crippen LogP contribution in [0.5, 0.6) is 5.75 Å². The summed E-state index contributed by atoms with van der Waals surface area (Å²) in [4.78, 5) is 34.2. The van der Waals surface area contributed by atoms with Crippen molar-refractivity contribution < 1.29 is 24.0 Å². The van der Waals surface area contributed by atoms with E-state index in [1.807, 2.05) is 0 Å². The van der Waals surface area contributed by atoms with Crippen molar-refractivity contribution in [2.24, 2.45) is 0 Å². The predicted octanol–water partition coefficient (Wildman–Crippen LogP) is 2.85. The lowest BCUT2D eigenvalue weighted by Crippen LogP contribution is -2.15. The lowest BCUT2D eigenvalue weighted by Gasteiger charge is -2.10. The van der Waals surface area contributed by atoms with Gasteiger partial charge in [-0.3, -0.25) is 14.9 Å². The van der Waals surface area contributed by atoms with Crippen LogP contribution in [-0.4, -0.2) is 31.0 Å². The normalized spacial score (nSPS) is 10.4. The predicted molar refractivity (Wildman–Crippen MR) is 103 cm³/mol. The first-order chi connectivity index (χ1) is 13.9. The molecule has 0 aromatic heterocycles. The first-order valence-corrected chi connectivity index (χ1v) is 8.08. The van der Waals surface area contributed by atoms with Crippen molar-refractivity contribution in [2.45, 2.75) is 0 Å². The van der Waals surface area contributed by atoms with Crippen LogP contribution in [0.1, 0.15) is 10.4 Å². The van der Waals surface area contributed by atoms with E-state index < -0.39 is 16.8 Å². The number of nitrogens with one attached hydrogen (secondary N) is 2. The molecule has 148 valence electrons. The Bertz CT molecular complexity index is 1030. The third-order valence-corrected chi connectivity index (χ3v) is 3.68. The van der Waals surface area contributed by atoms with Crippen LogP contribution < -0.4 is 15.4 Å². The molecule has 0 aliphatic carbocycles. The second kappa shape index (κ2) is 9.52. The minimum absolute atomic E-state index is 0.0728. The number of methoxy groups -OCH3 is 2. The average molecular weight is 396 g/mol. The number of carbonyl (C=O) groups excluding carboxylic acids is 2. The maximum atomic E-state index is 12.4. The number of nitro groups is 1. The monoisotopic (exact) mass is 396 g/mol. The highest BCUT2D eigenvalue weighted by molar-refractivity contribution is 6.07. The molecule has 2 aromatic carbocycles. The van der Waals surface area contributed by atoms with Crippen LogP contribution >= 0.6 is 0 Å². The topological polar surface area (TPSA) is 144 Å². The van der Waals surface area contributed by atoms with E-state index in [2.05, 4.69) is 15.4 Å². The van der Waals surface area contributed by atoms with Crippen LogP contribution in [0.2, 0.25) is 0 Å². The molecule has 2 N–H and O–H groups in total. The van der Waals surface area contributed by atoms with Gasteiger partial charge in [0.1, 0.15) is 17.4 Å². The van der Waals surface area contributed by atoms with Gasteiger partial charge in [-0.15, -0.1) is 0 Å². The Kier molecular flexibility index (Phi) is 6.86. The van der Waals surface area contributed by atoms with E-state index in [0.717, 1.165) is 6.07 Å². The number of hydrogen-bond donors (Lipinski definition) is 2. The van der Waals surface area contributed by atoms with Gasteiger partial charge in [0.15, 0.2) is 0 Å². The molecule has 0 saturated carbocycles. The van der Waals surface area contributed by atoms with Gasteiger partial charge in [0.2, 0.25) is 0 Å². The quantitative estimate of drug-likeness (QED) is 0.239. The lowest BCUT2D eigenvalue weighted by atomic mass is 10.2. The summed E-state index contributed by atoms with van der Waals surface area (Å²) in [6.45, 7) is 0. The zero-order valence-corrected chi connectivity index (χ0v) is 15.5. The van der Waals surface area contributed by atoms with Crippen LogP contribution in [0.4, 0.5) is 17.1 Å². The van der Waals surface area contributed by atoms with Gasteiger partial charge >= 0.3 is 5.97 Å². The van der Waals surface area contributed by atoms with Gasteiger partial charge in [0.25, 0.3) is 11.6 Å². The fourth-order valence-corrected chi connectivity index (χ4v) is 2.24. The van der Waals surface area contributed by atoms with Gasteiger partial charge in [-0.2, -0.15) is 5.26 Å². The summed E-state index contributed by atoms with van der Waals surface area (Å²) in [5.41, 5.74) is 0.444. The molecule has 0 atom stereocenters. The SMILES string of the molecule is COC(=O)c1cccc(N/C=C(/C#N)C(=O)Nc2ccc([N+](=O)[O-])cc2OC)c1. The molecular formula is C19H16N4O6. The molecule has 2 rings (SSSR count). The number of non-ortho nitro benzene ring substituents is 1. The Hall–Kier alpha value is -4.39. The van der Waals surface area contributed by atoms with Crippen molar-refractivity contribution in [3.8, 4) is 11.8 Å². The number of carbonyl (C=O) groups is 2. The smallest absolute Gasteiger partial charge is 0.337 e. The van der Waals surface area contributed by atoms with Gasteiger partial charge in [-0.25, -0.2) is 4.79 Å². The molecule has 0 radical (unpaired) electrons. The number of rotatable bonds is 7. The largest absolute Gasteiger partial charge is 0.494 e. The number of nitriles is 1. The molecule has 0 bridgehead atoms.